The Morgan fingerprint density at radius 2 is 2.15 bits per heavy atom. The second-order valence-electron chi connectivity index (χ2n) is 4.13. The van der Waals surface area contributed by atoms with Gasteiger partial charge in [-0.05, 0) is 24.6 Å². The van der Waals surface area contributed by atoms with E-state index in [-0.39, 0.29) is 12.4 Å². The summed E-state index contributed by atoms with van der Waals surface area (Å²) >= 11 is 0. The van der Waals surface area contributed by atoms with Gasteiger partial charge in [0.05, 0.1) is 5.56 Å². The maximum atomic E-state index is 12.5. The van der Waals surface area contributed by atoms with Gasteiger partial charge in [0.1, 0.15) is 5.82 Å². The van der Waals surface area contributed by atoms with E-state index >= 15 is 0 Å². The number of rotatable bonds is 3. The summed E-state index contributed by atoms with van der Waals surface area (Å²) < 4.78 is 37.6. The van der Waals surface area contributed by atoms with Crippen molar-refractivity contribution in [2.24, 2.45) is 0 Å². The molecule has 1 aromatic heterocycles. The first kappa shape index (κ1) is 14.0. The molecule has 2 rings (SSSR count). The summed E-state index contributed by atoms with van der Waals surface area (Å²) in [5.74, 6) is -0.115. The van der Waals surface area contributed by atoms with E-state index in [0.717, 1.165) is 12.1 Å². The van der Waals surface area contributed by atoms with Crippen molar-refractivity contribution in [3.63, 3.8) is 0 Å². The van der Waals surface area contributed by atoms with Crippen LogP contribution in [-0.4, -0.2) is 21.1 Å². The predicted octanol–water partition coefficient (Wildman–Crippen LogP) is 2.06. The third kappa shape index (κ3) is 3.34. The van der Waals surface area contributed by atoms with E-state index in [1.54, 1.807) is 6.92 Å². The molecule has 1 amide bonds. The van der Waals surface area contributed by atoms with Crippen molar-refractivity contribution in [1.29, 1.82) is 0 Å². The molecule has 2 N–H and O–H groups in total. The van der Waals surface area contributed by atoms with Crippen LogP contribution in [0.15, 0.2) is 24.3 Å². The summed E-state index contributed by atoms with van der Waals surface area (Å²) in [5.41, 5.74) is -0.404. The number of nitrogens with zero attached hydrogens (tertiary/aromatic N) is 2. The fraction of sp³-hybridized carbons (Fsp3) is 0.250. The Kier molecular flexibility index (Phi) is 3.73. The summed E-state index contributed by atoms with van der Waals surface area (Å²) in [6, 6.07) is 4.76. The van der Waals surface area contributed by atoms with Gasteiger partial charge in [-0.3, -0.25) is 9.89 Å². The minimum absolute atomic E-state index is 0.0314. The molecule has 0 atom stereocenters. The fourth-order valence-electron chi connectivity index (χ4n) is 1.56. The summed E-state index contributed by atoms with van der Waals surface area (Å²) in [6.45, 7) is 1.60. The number of halogens is 3. The van der Waals surface area contributed by atoms with Crippen LogP contribution >= 0.6 is 0 Å². The number of carbonyl (C=O) groups is 1. The summed E-state index contributed by atoms with van der Waals surface area (Å²) in [4.78, 5) is 15.5. The molecule has 1 aromatic carbocycles. The maximum absolute atomic E-state index is 12.5. The van der Waals surface area contributed by atoms with Gasteiger partial charge in [-0.25, -0.2) is 4.98 Å². The zero-order chi connectivity index (χ0) is 14.8. The van der Waals surface area contributed by atoms with Crippen LogP contribution < -0.4 is 5.32 Å². The van der Waals surface area contributed by atoms with Gasteiger partial charge in [-0.1, -0.05) is 12.1 Å². The highest BCUT2D eigenvalue weighted by molar-refractivity contribution is 5.90. The first-order chi connectivity index (χ1) is 9.36. The molecule has 0 unspecified atom stereocenters. The number of carbonyl (C=O) groups excluding carboxylic acids is 1. The molecular weight excluding hydrogens is 273 g/mol. The van der Waals surface area contributed by atoms with Crippen LogP contribution in [0.3, 0.4) is 0 Å². The molecule has 1 heterocycles. The standard InChI is InChI=1S/C12H11F3N4O/c1-7-17-10(19-18-7)11(20)16-6-8-3-2-4-9(5-8)12(13,14)15/h2-5H,6H2,1H3,(H,16,20)(H,17,18,19). The van der Waals surface area contributed by atoms with E-state index in [0.29, 0.717) is 11.4 Å². The largest absolute Gasteiger partial charge is 0.416 e. The second-order valence-corrected chi connectivity index (χ2v) is 4.13. The first-order valence-electron chi connectivity index (χ1n) is 5.69. The lowest BCUT2D eigenvalue weighted by Crippen LogP contribution is -2.24. The minimum atomic E-state index is -4.40. The fourth-order valence-corrected chi connectivity index (χ4v) is 1.56. The van der Waals surface area contributed by atoms with Crippen molar-refractivity contribution in [3.8, 4) is 0 Å². The molecule has 0 spiro atoms. The number of aromatic nitrogens is 3. The molecule has 8 heteroatoms. The van der Waals surface area contributed by atoms with Gasteiger partial charge in [-0.15, -0.1) is 5.10 Å². The molecule has 0 aliphatic rings. The van der Waals surface area contributed by atoms with Gasteiger partial charge < -0.3 is 5.32 Å². The van der Waals surface area contributed by atoms with Crippen LogP contribution in [0.4, 0.5) is 13.2 Å². The minimum Gasteiger partial charge on any atom is -0.345 e. The zero-order valence-electron chi connectivity index (χ0n) is 10.5. The molecule has 5 nitrogen and oxygen atoms in total. The number of alkyl halides is 3. The third-order valence-corrected chi connectivity index (χ3v) is 2.51. The van der Waals surface area contributed by atoms with E-state index in [4.69, 9.17) is 0 Å². The summed E-state index contributed by atoms with van der Waals surface area (Å²) in [7, 11) is 0. The third-order valence-electron chi connectivity index (χ3n) is 2.51. The summed E-state index contributed by atoms with van der Waals surface area (Å²) in [6.07, 6.45) is -4.40. The Hall–Kier alpha value is -2.38. The Labute approximate surface area is 112 Å². The molecule has 0 saturated heterocycles. The van der Waals surface area contributed by atoms with Crippen molar-refractivity contribution >= 4 is 5.91 Å². The van der Waals surface area contributed by atoms with Gasteiger partial charge in [0.25, 0.3) is 5.91 Å². The van der Waals surface area contributed by atoms with E-state index in [2.05, 4.69) is 20.5 Å². The van der Waals surface area contributed by atoms with Gasteiger partial charge in [-0.2, -0.15) is 13.2 Å². The molecule has 20 heavy (non-hydrogen) atoms. The molecule has 0 aliphatic carbocycles. The lowest BCUT2D eigenvalue weighted by molar-refractivity contribution is -0.137. The molecule has 0 bridgehead atoms. The lowest BCUT2D eigenvalue weighted by Gasteiger charge is -2.09. The smallest absolute Gasteiger partial charge is 0.345 e. The molecule has 0 saturated carbocycles. The van der Waals surface area contributed by atoms with E-state index < -0.39 is 17.6 Å². The molecule has 0 fully saturated rings. The first-order valence-corrected chi connectivity index (χ1v) is 5.69. The number of nitrogens with one attached hydrogen (secondary N) is 2. The quantitative estimate of drug-likeness (QED) is 0.906. The van der Waals surface area contributed by atoms with Crippen LogP contribution in [0, 0.1) is 6.92 Å². The van der Waals surface area contributed by atoms with E-state index in [9.17, 15) is 18.0 Å². The number of hydrogen-bond acceptors (Lipinski definition) is 3. The average Bonchev–Trinajstić information content (AvgIpc) is 2.82. The zero-order valence-corrected chi connectivity index (χ0v) is 10.5. The number of H-pyrrole nitrogens is 1. The molecule has 2 aromatic rings. The van der Waals surface area contributed by atoms with Gasteiger partial charge in [0.2, 0.25) is 5.82 Å². The van der Waals surface area contributed by atoms with E-state index in [1.165, 1.54) is 12.1 Å². The SMILES string of the molecule is Cc1nc(C(=O)NCc2cccc(C(F)(F)F)c2)n[nH]1. The Morgan fingerprint density at radius 1 is 1.40 bits per heavy atom. The average molecular weight is 284 g/mol. The normalized spacial score (nSPS) is 11.4. The Morgan fingerprint density at radius 3 is 2.75 bits per heavy atom. The van der Waals surface area contributed by atoms with Crippen molar-refractivity contribution in [3.05, 3.63) is 47.0 Å². The number of amides is 1. The van der Waals surface area contributed by atoms with Crippen molar-refractivity contribution in [1.82, 2.24) is 20.5 Å². The van der Waals surface area contributed by atoms with Crippen LogP contribution in [0.2, 0.25) is 0 Å². The number of hydrogen-bond donors (Lipinski definition) is 2. The topological polar surface area (TPSA) is 70.7 Å². The summed E-state index contributed by atoms with van der Waals surface area (Å²) in [5, 5.41) is 8.62. The second kappa shape index (κ2) is 5.32. The number of aromatic amines is 1. The van der Waals surface area contributed by atoms with Crippen molar-refractivity contribution < 1.29 is 18.0 Å². The van der Waals surface area contributed by atoms with Gasteiger partial charge in [0.15, 0.2) is 0 Å². The number of aryl methyl sites for hydroxylation is 1. The van der Waals surface area contributed by atoms with Crippen LogP contribution in [-0.2, 0) is 12.7 Å². The highest BCUT2D eigenvalue weighted by Gasteiger charge is 2.30. The van der Waals surface area contributed by atoms with Crippen LogP contribution in [0.25, 0.3) is 0 Å². The highest BCUT2D eigenvalue weighted by atomic mass is 19.4. The Balaban J connectivity index is 2.02. The predicted molar refractivity (Wildman–Crippen MR) is 63.7 cm³/mol. The monoisotopic (exact) mass is 284 g/mol. The van der Waals surface area contributed by atoms with Gasteiger partial charge in [0, 0.05) is 6.54 Å². The number of benzene rings is 1. The Bertz CT molecular complexity index is 621. The highest BCUT2D eigenvalue weighted by Crippen LogP contribution is 2.29. The van der Waals surface area contributed by atoms with Crippen LogP contribution in [0.1, 0.15) is 27.6 Å². The van der Waals surface area contributed by atoms with E-state index in [1.807, 2.05) is 0 Å². The molecule has 0 radical (unpaired) electrons. The molecule has 106 valence electrons. The maximum Gasteiger partial charge on any atom is 0.416 e. The van der Waals surface area contributed by atoms with Crippen LogP contribution in [0.5, 0.6) is 0 Å². The van der Waals surface area contributed by atoms with Crippen molar-refractivity contribution in [2.75, 3.05) is 0 Å². The molecule has 0 aliphatic heterocycles. The lowest BCUT2D eigenvalue weighted by atomic mass is 10.1. The van der Waals surface area contributed by atoms with Crippen molar-refractivity contribution in [2.45, 2.75) is 19.6 Å². The molecular formula is C12H11F3N4O. The van der Waals surface area contributed by atoms with Gasteiger partial charge >= 0.3 is 6.18 Å².